The molecule has 0 unspecified atom stereocenters. The van der Waals surface area contributed by atoms with Crippen LogP contribution in [-0.2, 0) is 5.41 Å². The van der Waals surface area contributed by atoms with Gasteiger partial charge in [0.1, 0.15) is 11.5 Å². The Labute approximate surface area is 148 Å². The van der Waals surface area contributed by atoms with Crippen LogP contribution in [0.4, 0.5) is 5.69 Å². The summed E-state index contributed by atoms with van der Waals surface area (Å²) in [4.78, 5) is 3.49. The van der Waals surface area contributed by atoms with E-state index in [9.17, 15) is 5.11 Å². The Hall–Kier alpha value is -2.62. The van der Waals surface area contributed by atoms with Crippen molar-refractivity contribution in [2.45, 2.75) is 40.0 Å². The number of aromatic amines is 1. The van der Waals surface area contributed by atoms with Crippen molar-refractivity contribution in [3.8, 4) is 22.8 Å². The molecule has 4 nitrogen and oxygen atoms in total. The van der Waals surface area contributed by atoms with Crippen molar-refractivity contribution in [1.82, 2.24) is 4.98 Å². The van der Waals surface area contributed by atoms with Crippen molar-refractivity contribution in [1.29, 1.82) is 0 Å². The van der Waals surface area contributed by atoms with Gasteiger partial charge in [-0.2, -0.15) is 0 Å². The second-order valence-electron chi connectivity index (χ2n) is 7.70. The molecule has 1 heterocycles. The molecule has 0 aliphatic carbocycles. The number of anilines is 1. The first-order valence-corrected chi connectivity index (χ1v) is 8.43. The largest absolute Gasteiger partial charge is 0.507 e. The number of nitrogens with two attached hydrogens (primary N) is 1. The average Bonchev–Trinajstić information content (AvgIpc) is 2.84. The molecular formula is C21H26N2O2. The highest BCUT2D eigenvalue weighted by Gasteiger charge is 2.22. The van der Waals surface area contributed by atoms with Crippen LogP contribution in [0.3, 0.4) is 0 Å². The first-order chi connectivity index (χ1) is 11.6. The molecule has 3 rings (SSSR count). The molecule has 0 radical (unpaired) electrons. The van der Waals surface area contributed by atoms with Gasteiger partial charge in [-0.05, 0) is 54.2 Å². The van der Waals surface area contributed by atoms with E-state index in [0.717, 1.165) is 38.9 Å². The Morgan fingerprint density at radius 2 is 1.76 bits per heavy atom. The lowest BCUT2D eigenvalue weighted by atomic mass is 9.83. The van der Waals surface area contributed by atoms with E-state index in [1.807, 2.05) is 25.1 Å². The van der Waals surface area contributed by atoms with Crippen LogP contribution >= 0.6 is 0 Å². The predicted molar refractivity (Wildman–Crippen MR) is 105 cm³/mol. The molecule has 0 saturated carbocycles. The highest BCUT2D eigenvalue weighted by molar-refractivity contribution is 5.94. The molecule has 25 heavy (non-hydrogen) atoms. The Balaban J connectivity index is 2.27. The number of rotatable bonds is 2. The summed E-state index contributed by atoms with van der Waals surface area (Å²) in [6.07, 6.45) is 0. The average molecular weight is 338 g/mol. The minimum absolute atomic E-state index is 0.140. The number of nitrogens with one attached hydrogen (secondary N) is 1. The molecule has 0 atom stereocenters. The fourth-order valence-electron chi connectivity index (χ4n) is 3.33. The van der Waals surface area contributed by atoms with Gasteiger partial charge in [-0.15, -0.1) is 0 Å². The summed E-state index contributed by atoms with van der Waals surface area (Å²) in [6, 6.07) is 7.96. The lowest BCUT2D eigenvalue weighted by Gasteiger charge is -2.22. The van der Waals surface area contributed by atoms with Gasteiger partial charge in [-0.25, -0.2) is 0 Å². The third kappa shape index (κ3) is 2.82. The third-order valence-corrected chi connectivity index (χ3v) is 4.81. The van der Waals surface area contributed by atoms with E-state index in [4.69, 9.17) is 10.5 Å². The van der Waals surface area contributed by atoms with Crippen LogP contribution in [0.15, 0.2) is 24.3 Å². The predicted octanol–water partition coefficient (Wildman–Crippen LogP) is 5.05. The van der Waals surface area contributed by atoms with Gasteiger partial charge in [-0.1, -0.05) is 20.8 Å². The summed E-state index contributed by atoms with van der Waals surface area (Å²) in [5, 5.41) is 11.6. The van der Waals surface area contributed by atoms with Crippen molar-refractivity contribution in [2.75, 3.05) is 12.8 Å². The Kier molecular flexibility index (Phi) is 3.94. The molecule has 3 aromatic rings. The number of phenolic OH excluding ortho intramolecular Hbond substituents is 1. The maximum atomic E-state index is 10.5. The fraction of sp³-hybridized carbons (Fsp3) is 0.333. The third-order valence-electron chi connectivity index (χ3n) is 4.81. The van der Waals surface area contributed by atoms with Crippen LogP contribution in [0, 0.1) is 13.8 Å². The molecule has 4 N–H and O–H groups in total. The molecule has 0 aliphatic rings. The standard InChI is InChI=1S/C21H26N2O2/c1-11-7-13(8-15(20(11)24)21(3,4)5)19-12(2)14-9-16(22)18(25-6)10-17(14)23-19/h7-10,23-24H,22H2,1-6H3. The van der Waals surface area contributed by atoms with E-state index in [-0.39, 0.29) is 5.41 Å². The molecule has 0 spiro atoms. The lowest BCUT2D eigenvalue weighted by molar-refractivity contribution is 0.417. The van der Waals surface area contributed by atoms with Gasteiger partial charge in [0, 0.05) is 28.2 Å². The van der Waals surface area contributed by atoms with Gasteiger partial charge in [-0.3, -0.25) is 0 Å². The van der Waals surface area contributed by atoms with Crippen LogP contribution in [0.25, 0.3) is 22.2 Å². The fourth-order valence-corrected chi connectivity index (χ4v) is 3.33. The number of methoxy groups -OCH3 is 1. The van der Waals surface area contributed by atoms with Crippen molar-refractivity contribution in [2.24, 2.45) is 0 Å². The molecule has 4 heteroatoms. The van der Waals surface area contributed by atoms with Gasteiger partial charge in [0.05, 0.1) is 12.8 Å². The van der Waals surface area contributed by atoms with Crippen LogP contribution in [0.5, 0.6) is 11.5 Å². The van der Waals surface area contributed by atoms with E-state index in [0.29, 0.717) is 17.2 Å². The van der Waals surface area contributed by atoms with E-state index < -0.39 is 0 Å². The van der Waals surface area contributed by atoms with Gasteiger partial charge in [0.2, 0.25) is 0 Å². The molecular weight excluding hydrogens is 312 g/mol. The second kappa shape index (κ2) is 5.73. The summed E-state index contributed by atoms with van der Waals surface area (Å²) >= 11 is 0. The highest BCUT2D eigenvalue weighted by Crippen LogP contribution is 2.40. The Bertz CT molecular complexity index is 962. The number of nitrogen functional groups attached to an aromatic ring is 1. The number of benzene rings is 2. The second-order valence-corrected chi connectivity index (χ2v) is 7.70. The number of hydrogen-bond donors (Lipinski definition) is 3. The zero-order valence-electron chi connectivity index (χ0n) is 15.7. The Morgan fingerprint density at radius 3 is 2.36 bits per heavy atom. The number of aromatic hydroxyl groups is 1. The van der Waals surface area contributed by atoms with Crippen LogP contribution < -0.4 is 10.5 Å². The summed E-state index contributed by atoms with van der Waals surface area (Å²) in [6.45, 7) is 10.3. The summed E-state index contributed by atoms with van der Waals surface area (Å²) in [7, 11) is 1.62. The normalized spacial score (nSPS) is 11.9. The van der Waals surface area contributed by atoms with E-state index in [1.165, 1.54) is 0 Å². The van der Waals surface area contributed by atoms with Crippen molar-refractivity contribution in [3.05, 3.63) is 41.0 Å². The quantitative estimate of drug-likeness (QED) is 0.573. The number of fused-ring (bicyclic) bond motifs is 1. The van der Waals surface area contributed by atoms with Crippen molar-refractivity contribution in [3.63, 3.8) is 0 Å². The molecule has 132 valence electrons. The first-order valence-electron chi connectivity index (χ1n) is 8.43. The van der Waals surface area contributed by atoms with E-state index >= 15 is 0 Å². The number of hydrogen-bond acceptors (Lipinski definition) is 3. The molecule has 0 saturated heterocycles. The SMILES string of the molecule is COc1cc2[nH]c(-c3cc(C)c(O)c(C(C)(C)C)c3)c(C)c2cc1N. The number of phenols is 1. The van der Waals surface area contributed by atoms with Gasteiger partial charge in [0.15, 0.2) is 0 Å². The van der Waals surface area contributed by atoms with Gasteiger partial charge >= 0.3 is 0 Å². The number of H-pyrrole nitrogens is 1. The van der Waals surface area contributed by atoms with Crippen molar-refractivity contribution >= 4 is 16.6 Å². The van der Waals surface area contributed by atoms with Gasteiger partial charge in [0.25, 0.3) is 0 Å². The molecule has 0 fully saturated rings. The summed E-state index contributed by atoms with van der Waals surface area (Å²) < 4.78 is 5.33. The number of aromatic nitrogens is 1. The lowest BCUT2D eigenvalue weighted by Crippen LogP contribution is -2.12. The maximum absolute atomic E-state index is 10.5. The zero-order valence-corrected chi connectivity index (χ0v) is 15.7. The van der Waals surface area contributed by atoms with E-state index in [1.54, 1.807) is 7.11 Å². The van der Waals surface area contributed by atoms with Crippen LogP contribution in [0.2, 0.25) is 0 Å². The monoisotopic (exact) mass is 338 g/mol. The highest BCUT2D eigenvalue weighted by atomic mass is 16.5. The smallest absolute Gasteiger partial charge is 0.143 e. The number of ether oxygens (including phenoxy) is 1. The molecule has 1 aromatic heterocycles. The minimum Gasteiger partial charge on any atom is -0.507 e. The maximum Gasteiger partial charge on any atom is 0.143 e. The zero-order chi connectivity index (χ0) is 18.5. The minimum atomic E-state index is -0.140. The molecule has 0 bridgehead atoms. The molecule has 0 amide bonds. The van der Waals surface area contributed by atoms with Crippen LogP contribution in [-0.4, -0.2) is 17.2 Å². The van der Waals surface area contributed by atoms with Gasteiger partial charge < -0.3 is 20.6 Å². The number of aryl methyl sites for hydroxylation is 2. The van der Waals surface area contributed by atoms with E-state index in [2.05, 4.69) is 38.7 Å². The topological polar surface area (TPSA) is 71.3 Å². The summed E-state index contributed by atoms with van der Waals surface area (Å²) in [5.74, 6) is 1.04. The molecule has 2 aromatic carbocycles. The molecule has 0 aliphatic heterocycles. The van der Waals surface area contributed by atoms with Crippen molar-refractivity contribution < 1.29 is 9.84 Å². The van der Waals surface area contributed by atoms with Crippen LogP contribution in [0.1, 0.15) is 37.5 Å². The Morgan fingerprint density at radius 1 is 1.08 bits per heavy atom. The summed E-state index contributed by atoms with van der Waals surface area (Å²) in [5.41, 5.74) is 12.6. The first kappa shape index (κ1) is 17.2.